The summed E-state index contributed by atoms with van der Waals surface area (Å²) in [5.74, 6) is 0.230. The number of amides is 1. The van der Waals surface area contributed by atoms with E-state index in [0.717, 1.165) is 16.3 Å². The summed E-state index contributed by atoms with van der Waals surface area (Å²) in [5.41, 5.74) is 2.86. The Bertz CT molecular complexity index is 935. The van der Waals surface area contributed by atoms with Crippen LogP contribution < -0.4 is 10.1 Å². The fourth-order valence-corrected chi connectivity index (χ4v) is 3.50. The van der Waals surface area contributed by atoms with Crippen molar-refractivity contribution in [2.75, 3.05) is 11.9 Å². The van der Waals surface area contributed by atoms with Gasteiger partial charge in [-0.25, -0.2) is 9.37 Å². The number of anilines is 1. The van der Waals surface area contributed by atoms with E-state index in [2.05, 4.69) is 10.3 Å². The molecule has 1 aromatic heterocycles. The zero-order valence-electron chi connectivity index (χ0n) is 14.8. The molecule has 0 atom stereocenters. The second-order valence-electron chi connectivity index (χ2n) is 5.80. The first-order valence-electron chi connectivity index (χ1n) is 8.26. The van der Waals surface area contributed by atoms with Crippen molar-refractivity contribution in [3.05, 3.63) is 64.4 Å². The van der Waals surface area contributed by atoms with Crippen LogP contribution in [0.15, 0.2) is 42.5 Å². The third-order valence-electron chi connectivity index (χ3n) is 3.85. The maximum Gasteiger partial charge on any atom is 0.267 e. The highest BCUT2D eigenvalue weighted by Crippen LogP contribution is 2.30. The lowest BCUT2D eigenvalue weighted by Crippen LogP contribution is -2.12. The van der Waals surface area contributed by atoms with Crippen LogP contribution in [0.25, 0.3) is 10.6 Å². The van der Waals surface area contributed by atoms with Crippen molar-refractivity contribution in [2.24, 2.45) is 0 Å². The molecule has 1 N–H and O–H groups in total. The Balaban J connectivity index is 1.82. The van der Waals surface area contributed by atoms with Crippen LogP contribution in [-0.2, 0) is 0 Å². The molecule has 0 saturated heterocycles. The number of hydrogen-bond donors (Lipinski definition) is 1. The molecule has 1 heterocycles. The summed E-state index contributed by atoms with van der Waals surface area (Å²) in [6, 6.07) is 11.9. The predicted octanol–water partition coefficient (Wildman–Crippen LogP) is 5.22. The summed E-state index contributed by atoms with van der Waals surface area (Å²) < 4.78 is 18.7. The van der Waals surface area contributed by atoms with Crippen LogP contribution in [0.2, 0.25) is 0 Å². The number of thiazole rings is 1. The van der Waals surface area contributed by atoms with Crippen LogP contribution in [0.4, 0.5) is 10.1 Å². The number of aromatic nitrogens is 1. The quantitative estimate of drug-likeness (QED) is 0.670. The maximum absolute atomic E-state index is 13.2. The van der Waals surface area contributed by atoms with Gasteiger partial charge in [-0.05, 0) is 68.8 Å². The lowest BCUT2D eigenvalue weighted by atomic mass is 10.2. The molecule has 134 valence electrons. The van der Waals surface area contributed by atoms with Gasteiger partial charge in [-0.1, -0.05) is 0 Å². The first-order valence-corrected chi connectivity index (χ1v) is 9.07. The molecule has 0 aliphatic rings. The van der Waals surface area contributed by atoms with Crippen LogP contribution in [0.5, 0.6) is 5.75 Å². The van der Waals surface area contributed by atoms with E-state index in [-0.39, 0.29) is 11.7 Å². The van der Waals surface area contributed by atoms with Crippen LogP contribution >= 0.6 is 11.3 Å². The molecule has 3 aromatic rings. The van der Waals surface area contributed by atoms with E-state index in [9.17, 15) is 9.18 Å². The van der Waals surface area contributed by atoms with Gasteiger partial charge in [0.15, 0.2) is 0 Å². The summed E-state index contributed by atoms with van der Waals surface area (Å²) in [5, 5.41) is 3.60. The summed E-state index contributed by atoms with van der Waals surface area (Å²) in [6.45, 7) is 6.11. The molecule has 6 heteroatoms. The lowest BCUT2D eigenvalue weighted by Gasteiger charge is -2.07. The van der Waals surface area contributed by atoms with E-state index >= 15 is 0 Å². The Morgan fingerprint density at radius 2 is 1.92 bits per heavy atom. The first kappa shape index (κ1) is 18.1. The van der Waals surface area contributed by atoms with E-state index in [0.29, 0.717) is 28.4 Å². The number of hydrogen-bond acceptors (Lipinski definition) is 4. The van der Waals surface area contributed by atoms with Gasteiger partial charge in [0.05, 0.1) is 12.3 Å². The Labute approximate surface area is 155 Å². The number of carbonyl (C=O) groups excluding carboxylic acids is 1. The van der Waals surface area contributed by atoms with Crippen LogP contribution in [0.1, 0.15) is 27.9 Å². The highest BCUT2D eigenvalue weighted by molar-refractivity contribution is 7.17. The van der Waals surface area contributed by atoms with Crippen molar-refractivity contribution in [2.45, 2.75) is 20.8 Å². The van der Waals surface area contributed by atoms with Gasteiger partial charge >= 0.3 is 0 Å². The van der Waals surface area contributed by atoms with E-state index in [1.165, 1.54) is 23.5 Å². The molecule has 0 aliphatic carbocycles. The summed E-state index contributed by atoms with van der Waals surface area (Å²) in [7, 11) is 0. The molecule has 26 heavy (non-hydrogen) atoms. The monoisotopic (exact) mass is 370 g/mol. The van der Waals surface area contributed by atoms with E-state index in [1.54, 1.807) is 19.9 Å². The average Bonchev–Trinajstić information content (AvgIpc) is 3.00. The fourth-order valence-electron chi connectivity index (χ4n) is 2.54. The molecule has 0 fully saturated rings. The molecule has 0 saturated carbocycles. The maximum atomic E-state index is 13.2. The number of carbonyl (C=O) groups is 1. The number of nitrogens with zero attached hydrogens (tertiary/aromatic N) is 1. The minimum Gasteiger partial charge on any atom is -0.494 e. The minimum absolute atomic E-state index is 0.244. The van der Waals surface area contributed by atoms with Crippen molar-refractivity contribution in [3.63, 3.8) is 0 Å². The van der Waals surface area contributed by atoms with E-state index < -0.39 is 0 Å². The standard InChI is InChI=1S/C20H19FN2O2S/c1-4-25-16-8-5-14(6-9-16)20-22-13(3)18(26-20)19(24)23-17-10-7-15(21)11-12(17)2/h5-11H,4H2,1-3H3,(H,23,24). The van der Waals surface area contributed by atoms with Crippen molar-refractivity contribution in [1.29, 1.82) is 0 Å². The van der Waals surface area contributed by atoms with Gasteiger partial charge in [-0.15, -0.1) is 11.3 Å². The smallest absolute Gasteiger partial charge is 0.267 e. The second kappa shape index (κ2) is 7.66. The summed E-state index contributed by atoms with van der Waals surface area (Å²) >= 11 is 1.33. The zero-order chi connectivity index (χ0) is 18.7. The van der Waals surface area contributed by atoms with Gasteiger partial charge in [0.25, 0.3) is 5.91 Å². The predicted molar refractivity (Wildman–Crippen MR) is 103 cm³/mol. The molecule has 4 nitrogen and oxygen atoms in total. The largest absolute Gasteiger partial charge is 0.494 e. The SMILES string of the molecule is CCOc1ccc(-c2nc(C)c(C(=O)Nc3ccc(F)cc3C)s2)cc1. The normalized spacial score (nSPS) is 10.6. The lowest BCUT2D eigenvalue weighted by molar-refractivity contribution is 0.102. The van der Waals surface area contributed by atoms with E-state index in [4.69, 9.17) is 4.74 Å². The summed E-state index contributed by atoms with van der Waals surface area (Å²) in [4.78, 5) is 17.7. The highest BCUT2D eigenvalue weighted by Gasteiger charge is 2.17. The van der Waals surface area contributed by atoms with Crippen molar-refractivity contribution in [1.82, 2.24) is 4.98 Å². The number of nitrogens with one attached hydrogen (secondary N) is 1. The molecule has 0 bridgehead atoms. The van der Waals surface area contributed by atoms with E-state index in [1.807, 2.05) is 31.2 Å². The van der Waals surface area contributed by atoms with Gasteiger partial charge in [0, 0.05) is 11.3 Å². The Morgan fingerprint density at radius 3 is 2.58 bits per heavy atom. The second-order valence-corrected chi connectivity index (χ2v) is 6.80. The molecule has 0 unspecified atom stereocenters. The Hall–Kier alpha value is -2.73. The Morgan fingerprint density at radius 1 is 1.19 bits per heavy atom. The molecule has 0 spiro atoms. The molecular weight excluding hydrogens is 351 g/mol. The topological polar surface area (TPSA) is 51.2 Å². The van der Waals surface area contributed by atoms with Crippen molar-refractivity contribution >= 4 is 22.9 Å². The van der Waals surface area contributed by atoms with Crippen LogP contribution in [-0.4, -0.2) is 17.5 Å². The molecule has 3 rings (SSSR count). The van der Waals surface area contributed by atoms with Crippen molar-refractivity contribution < 1.29 is 13.9 Å². The van der Waals surface area contributed by atoms with Gasteiger partial charge in [0.2, 0.25) is 0 Å². The number of benzene rings is 2. The van der Waals surface area contributed by atoms with Gasteiger partial charge in [-0.3, -0.25) is 4.79 Å². The number of ether oxygens (including phenoxy) is 1. The van der Waals surface area contributed by atoms with Gasteiger partial charge < -0.3 is 10.1 Å². The summed E-state index contributed by atoms with van der Waals surface area (Å²) in [6.07, 6.45) is 0. The number of halogens is 1. The highest BCUT2D eigenvalue weighted by atomic mass is 32.1. The molecule has 1 amide bonds. The molecule has 0 aliphatic heterocycles. The minimum atomic E-state index is -0.327. The average molecular weight is 370 g/mol. The molecule has 2 aromatic carbocycles. The zero-order valence-corrected chi connectivity index (χ0v) is 15.6. The first-order chi connectivity index (χ1) is 12.5. The molecule has 0 radical (unpaired) electrons. The molecular formula is C20H19FN2O2S. The third kappa shape index (κ3) is 3.91. The third-order valence-corrected chi connectivity index (χ3v) is 5.06. The van der Waals surface area contributed by atoms with Gasteiger partial charge in [0.1, 0.15) is 21.5 Å². The number of aryl methyl sites for hydroxylation is 2. The number of rotatable bonds is 5. The van der Waals surface area contributed by atoms with Crippen LogP contribution in [0.3, 0.4) is 0 Å². The van der Waals surface area contributed by atoms with Crippen LogP contribution in [0, 0.1) is 19.7 Å². The fraction of sp³-hybridized carbons (Fsp3) is 0.200. The Kier molecular flexibility index (Phi) is 5.32. The van der Waals surface area contributed by atoms with Gasteiger partial charge in [-0.2, -0.15) is 0 Å². The van der Waals surface area contributed by atoms with Crippen molar-refractivity contribution in [3.8, 4) is 16.3 Å².